The van der Waals surface area contributed by atoms with Gasteiger partial charge in [0.1, 0.15) is 5.76 Å². The van der Waals surface area contributed by atoms with E-state index in [1.807, 2.05) is 12.1 Å². The number of piperidine rings is 1. The van der Waals surface area contributed by atoms with Gasteiger partial charge >= 0.3 is 0 Å². The summed E-state index contributed by atoms with van der Waals surface area (Å²) in [5, 5.41) is 0. The summed E-state index contributed by atoms with van der Waals surface area (Å²) in [5.41, 5.74) is 6.28. The van der Waals surface area contributed by atoms with Gasteiger partial charge in [-0.05, 0) is 37.9 Å². The monoisotopic (exact) mass is 252 g/mol. The highest BCUT2D eigenvalue weighted by molar-refractivity contribution is 5.08. The second-order valence-electron chi connectivity index (χ2n) is 5.03. The third-order valence-electron chi connectivity index (χ3n) is 3.85. The van der Waals surface area contributed by atoms with Crippen molar-refractivity contribution in [2.45, 2.75) is 44.4 Å². The van der Waals surface area contributed by atoms with Crippen LogP contribution in [0.25, 0.3) is 0 Å². The highest BCUT2D eigenvalue weighted by atomic mass is 16.5. The highest BCUT2D eigenvalue weighted by Gasteiger charge is 2.31. The van der Waals surface area contributed by atoms with Crippen molar-refractivity contribution in [2.75, 3.05) is 20.2 Å². The van der Waals surface area contributed by atoms with Crippen LogP contribution in [0.5, 0.6) is 0 Å². The number of likely N-dealkylation sites (tertiary alicyclic amines) is 1. The van der Waals surface area contributed by atoms with Crippen molar-refractivity contribution < 1.29 is 9.15 Å². The number of hydrogen-bond acceptors (Lipinski definition) is 4. The number of nitrogens with zero attached hydrogens (tertiary/aromatic N) is 1. The minimum absolute atomic E-state index is 0.103. The van der Waals surface area contributed by atoms with E-state index in [4.69, 9.17) is 14.9 Å². The molecule has 0 saturated carbocycles. The van der Waals surface area contributed by atoms with Crippen molar-refractivity contribution in [2.24, 2.45) is 5.73 Å². The molecule has 1 aliphatic rings. The summed E-state index contributed by atoms with van der Waals surface area (Å²) in [5.74, 6) is 0.973. The summed E-state index contributed by atoms with van der Waals surface area (Å²) < 4.78 is 11.1. The maximum atomic E-state index is 6.28. The molecule has 0 amide bonds. The number of furan rings is 1. The maximum Gasteiger partial charge on any atom is 0.122 e. The Morgan fingerprint density at radius 1 is 1.61 bits per heavy atom. The molecule has 0 spiro atoms. The Kier molecular flexibility index (Phi) is 4.80. The number of nitrogens with two attached hydrogens (primary N) is 1. The lowest BCUT2D eigenvalue weighted by Gasteiger charge is -2.39. The molecule has 0 radical (unpaired) electrons. The molecule has 1 aliphatic heterocycles. The quantitative estimate of drug-likeness (QED) is 0.872. The first-order valence-corrected chi connectivity index (χ1v) is 6.82. The molecule has 2 rings (SSSR count). The lowest BCUT2D eigenvalue weighted by molar-refractivity contribution is 0.00478. The van der Waals surface area contributed by atoms with E-state index in [1.54, 1.807) is 13.4 Å². The summed E-state index contributed by atoms with van der Waals surface area (Å²) in [6.07, 6.45) is 5.29. The second kappa shape index (κ2) is 6.36. The van der Waals surface area contributed by atoms with Crippen LogP contribution >= 0.6 is 0 Å². The van der Waals surface area contributed by atoms with E-state index < -0.39 is 0 Å². The second-order valence-corrected chi connectivity index (χ2v) is 5.03. The number of rotatable bonds is 5. The van der Waals surface area contributed by atoms with Gasteiger partial charge in [-0.15, -0.1) is 0 Å². The normalized spacial score (nSPS) is 24.9. The lowest BCUT2D eigenvalue weighted by atomic mass is 9.98. The van der Waals surface area contributed by atoms with Crippen LogP contribution in [0.15, 0.2) is 22.8 Å². The van der Waals surface area contributed by atoms with E-state index in [1.165, 1.54) is 0 Å². The van der Waals surface area contributed by atoms with E-state index in [-0.39, 0.29) is 12.1 Å². The van der Waals surface area contributed by atoms with Gasteiger partial charge in [0.15, 0.2) is 0 Å². The zero-order valence-corrected chi connectivity index (χ0v) is 11.3. The predicted molar refractivity (Wildman–Crippen MR) is 71.3 cm³/mol. The standard InChI is InChI=1S/C14H24N2O2/c1-3-12(15)14(13-7-5-9-18-13)16-8-4-6-11(10-16)17-2/h5,7,9,11-12,14H,3-4,6,8,10,15H2,1-2H3. The van der Waals surface area contributed by atoms with Crippen LogP contribution in [0.4, 0.5) is 0 Å². The molecule has 0 aromatic carbocycles. The van der Waals surface area contributed by atoms with Crippen LogP contribution in [0.3, 0.4) is 0 Å². The molecule has 1 aromatic heterocycles. The van der Waals surface area contributed by atoms with Crippen LogP contribution in [-0.4, -0.2) is 37.2 Å². The van der Waals surface area contributed by atoms with Crippen molar-refractivity contribution >= 4 is 0 Å². The van der Waals surface area contributed by atoms with Crippen molar-refractivity contribution in [1.29, 1.82) is 0 Å². The maximum absolute atomic E-state index is 6.28. The molecule has 1 saturated heterocycles. The Morgan fingerprint density at radius 2 is 2.44 bits per heavy atom. The minimum Gasteiger partial charge on any atom is -0.468 e. The molecule has 3 atom stereocenters. The number of ether oxygens (including phenoxy) is 1. The van der Waals surface area contributed by atoms with Gasteiger partial charge in [0, 0.05) is 19.7 Å². The molecule has 102 valence electrons. The minimum atomic E-state index is 0.103. The SMILES string of the molecule is CCC(N)C(c1ccco1)N1CCCC(OC)C1. The Labute approximate surface area is 109 Å². The lowest BCUT2D eigenvalue weighted by Crippen LogP contribution is -2.47. The summed E-state index contributed by atoms with van der Waals surface area (Å²) in [4.78, 5) is 2.41. The average Bonchev–Trinajstić information content (AvgIpc) is 2.93. The first kappa shape index (κ1) is 13.6. The summed E-state index contributed by atoms with van der Waals surface area (Å²) in [7, 11) is 1.79. The van der Waals surface area contributed by atoms with Crippen molar-refractivity contribution in [1.82, 2.24) is 4.90 Å². The fourth-order valence-electron chi connectivity index (χ4n) is 2.76. The molecule has 4 nitrogen and oxygen atoms in total. The summed E-state index contributed by atoms with van der Waals surface area (Å²) in [6, 6.07) is 4.23. The molecule has 1 aromatic rings. The van der Waals surface area contributed by atoms with Crippen LogP contribution < -0.4 is 5.73 Å². The van der Waals surface area contributed by atoms with Gasteiger partial charge in [0.05, 0.1) is 18.4 Å². The first-order valence-electron chi connectivity index (χ1n) is 6.82. The first-order chi connectivity index (χ1) is 8.76. The van der Waals surface area contributed by atoms with Crippen molar-refractivity contribution in [3.63, 3.8) is 0 Å². The van der Waals surface area contributed by atoms with E-state index >= 15 is 0 Å². The van der Waals surface area contributed by atoms with Gasteiger partial charge in [0.25, 0.3) is 0 Å². The highest BCUT2D eigenvalue weighted by Crippen LogP contribution is 2.29. The summed E-state index contributed by atoms with van der Waals surface area (Å²) in [6.45, 7) is 4.13. The van der Waals surface area contributed by atoms with Crippen molar-refractivity contribution in [3.05, 3.63) is 24.2 Å². The Morgan fingerprint density at radius 3 is 3.06 bits per heavy atom. The van der Waals surface area contributed by atoms with Crippen LogP contribution in [0.2, 0.25) is 0 Å². The smallest absolute Gasteiger partial charge is 0.122 e. The molecule has 18 heavy (non-hydrogen) atoms. The van der Waals surface area contributed by atoms with Crippen LogP contribution in [-0.2, 0) is 4.74 Å². The number of methoxy groups -OCH3 is 1. The Hall–Kier alpha value is -0.840. The zero-order valence-electron chi connectivity index (χ0n) is 11.3. The molecule has 2 heterocycles. The largest absolute Gasteiger partial charge is 0.468 e. The van der Waals surface area contributed by atoms with Gasteiger partial charge in [-0.3, -0.25) is 4.90 Å². The molecule has 3 unspecified atom stereocenters. The van der Waals surface area contributed by atoms with E-state index in [9.17, 15) is 0 Å². The molecule has 4 heteroatoms. The topological polar surface area (TPSA) is 51.6 Å². The Balaban J connectivity index is 2.13. The van der Waals surface area contributed by atoms with E-state index in [0.717, 1.165) is 38.1 Å². The summed E-state index contributed by atoms with van der Waals surface area (Å²) >= 11 is 0. The zero-order chi connectivity index (χ0) is 13.0. The third-order valence-corrected chi connectivity index (χ3v) is 3.85. The van der Waals surface area contributed by atoms with E-state index in [0.29, 0.717) is 6.10 Å². The van der Waals surface area contributed by atoms with Gasteiger partial charge in [-0.2, -0.15) is 0 Å². The van der Waals surface area contributed by atoms with Gasteiger partial charge in [-0.25, -0.2) is 0 Å². The molecule has 0 aliphatic carbocycles. The third kappa shape index (κ3) is 2.94. The number of hydrogen-bond donors (Lipinski definition) is 1. The molecule has 0 bridgehead atoms. The van der Waals surface area contributed by atoms with Crippen molar-refractivity contribution in [3.8, 4) is 0 Å². The van der Waals surface area contributed by atoms with Gasteiger partial charge < -0.3 is 14.9 Å². The van der Waals surface area contributed by atoms with Gasteiger partial charge in [-0.1, -0.05) is 6.92 Å². The van der Waals surface area contributed by atoms with Crippen LogP contribution in [0, 0.1) is 0 Å². The predicted octanol–water partition coefficient (Wildman–Crippen LogP) is 2.17. The fourth-order valence-corrected chi connectivity index (χ4v) is 2.76. The average molecular weight is 252 g/mol. The molecular formula is C14H24N2O2. The van der Waals surface area contributed by atoms with E-state index in [2.05, 4.69) is 11.8 Å². The molecule has 2 N–H and O–H groups in total. The fraction of sp³-hybridized carbons (Fsp3) is 0.714. The molecule has 1 fully saturated rings. The van der Waals surface area contributed by atoms with Gasteiger partial charge in [0.2, 0.25) is 0 Å². The molecular weight excluding hydrogens is 228 g/mol. The van der Waals surface area contributed by atoms with Crippen LogP contribution in [0.1, 0.15) is 38.0 Å². The Bertz CT molecular complexity index is 340.